The number of carbonyl (C=O) groups excluding carboxylic acids is 1. The van der Waals surface area contributed by atoms with E-state index in [1.165, 1.54) is 0 Å². The fourth-order valence-electron chi connectivity index (χ4n) is 2.69. The zero-order chi connectivity index (χ0) is 15.2. The van der Waals surface area contributed by atoms with Crippen LogP contribution in [0, 0.1) is 5.41 Å². The monoisotopic (exact) mass is 286 g/mol. The van der Waals surface area contributed by atoms with Gasteiger partial charge in [-0.05, 0) is 38.5 Å². The molecule has 1 fully saturated rings. The van der Waals surface area contributed by atoms with Crippen molar-refractivity contribution in [2.75, 3.05) is 26.2 Å². The lowest BCUT2D eigenvalue weighted by molar-refractivity contribution is 0.0813. The van der Waals surface area contributed by atoms with Gasteiger partial charge in [-0.25, -0.2) is 4.79 Å². The number of carbonyl (C=O) groups is 1. The van der Waals surface area contributed by atoms with Gasteiger partial charge in [-0.3, -0.25) is 0 Å². The third kappa shape index (κ3) is 6.09. The van der Waals surface area contributed by atoms with Crippen LogP contribution in [0.3, 0.4) is 0 Å². The highest BCUT2D eigenvalue weighted by molar-refractivity contribution is 5.74. The predicted octanol–water partition coefficient (Wildman–Crippen LogP) is 1.99. The molecule has 0 spiro atoms. The van der Waals surface area contributed by atoms with Crippen LogP contribution in [0.1, 0.15) is 47.0 Å². The molecular weight excluding hydrogens is 256 g/mol. The molecule has 0 aromatic carbocycles. The molecule has 1 heterocycles. The molecule has 0 saturated carbocycles. The Morgan fingerprint density at radius 1 is 1.55 bits per heavy atom. The molecule has 1 rings (SSSR count). The molecule has 2 N–H and O–H groups in total. The van der Waals surface area contributed by atoms with Gasteiger partial charge in [-0.2, -0.15) is 0 Å². The molecule has 1 aliphatic heterocycles. The Balaban J connectivity index is 2.38. The summed E-state index contributed by atoms with van der Waals surface area (Å²) in [4.78, 5) is 14.0. The summed E-state index contributed by atoms with van der Waals surface area (Å²) in [5.74, 6) is 0. The summed E-state index contributed by atoms with van der Waals surface area (Å²) in [5, 5.41) is 12.4. The second kappa shape index (κ2) is 7.84. The average molecular weight is 286 g/mol. The number of amides is 2. The van der Waals surface area contributed by atoms with Crippen molar-refractivity contribution in [3.05, 3.63) is 0 Å². The standard InChI is InChI=1S/C15H30N2O3/c1-5-17(10-13-7-6-8-20-13)14(19)16-11-15(3,4)9-12(2)18/h12-13,18H,5-11H2,1-4H3,(H,16,19). The van der Waals surface area contributed by atoms with Gasteiger partial charge in [-0.15, -0.1) is 0 Å². The number of likely N-dealkylation sites (N-methyl/N-ethyl adjacent to an activating group) is 1. The number of hydrogen-bond donors (Lipinski definition) is 2. The smallest absolute Gasteiger partial charge is 0.317 e. The van der Waals surface area contributed by atoms with E-state index in [1.54, 1.807) is 11.8 Å². The van der Waals surface area contributed by atoms with Crippen molar-refractivity contribution in [3.63, 3.8) is 0 Å². The van der Waals surface area contributed by atoms with Crippen LogP contribution >= 0.6 is 0 Å². The fourth-order valence-corrected chi connectivity index (χ4v) is 2.69. The van der Waals surface area contributed by atoms with E-state index < -0.39 is 0 Å². The number of aliphatic hydroxyl groups excluding tert-OH is 1. The van der Waals surface area contributed by atoms with Crippen LogP contribution in [-0.2, 0) is 4.74 Å². The van der Waals surface area contributed by atoms with Gasteiger partial charge in [0.25, 0.3) is 0 Å². The molecule has 5 nitrogen and oxygen atoms in total. The lowest BCUT2D eigenvalue weighted by Crippen LogP contribution is -2.46. The summed E-state index contributed by atoms with van der Waals surface area (Å²) < 4.78 is 5.58. The maximum absolute atomic E-state index is 12.2. The quantitative estimate of drug-likeness (QED) is 0.752. The topological polar surface area (TPSA) is 61.8 Å². The normalized spacial score (nSPS) is 20.8. The van der Waals surface area contributed by atoms with Crippen LogP contribution in [0.15, 0.2) is 0 Å². The molecule has 0 bridgehead atoms. The minimum Gasteiger partial charge on any atom is -0.393 e. The first-order valence-corrected chi connectivity index (χ1v) is 7.66. The largest absolute Gasteiger partial charge is 0.393 e. The van der Waals surface area contributed by atoms with E-state index in [1.807, 2.05) is 6.92 Å². The number of urea groups is 1. The van der Waals surface area contributed by atoms with Crippen molar-refractivity contribution in [1.29, 1.82) is 0 Å². The van der Waals surface area contributed by atoms with Gasteiger partial charge in [-0.1, -0.05) is 13.8 Å². The highest BCUT2D eigenvalue weighted by atomic mass is 16.5. The van der Waals surface area contributed by atoms with Crippen LogP contribution < -0.4 is 5.32 Å². The summed E-state index contributed by atoms with van der Waals surface area (Å²) in [7, 11) is 0. The lowest BCUT2D eigenvalue weighted by atomic mass is 9.87. The van der Waals surface area contributed by atoms with Crippen LogP contribution in [0.4, 0.5) is 4.79 Å². The highest BCUT2D eigenvalue weighted by Gasteiger charge is 2.24. The van der Waals surface area contributed by atoms with Crippen LogP contribution in [0.5, 0.6) is 0 Å². The van der Waals surface area contributed by atoms with E-state index in [-0.39, 0.29) is 23.7 Å². The van der Waals surface area contributed by atoms with E-state index in [4.69, 9.17) is 4.74 Å². The summed E-state index contributed by atoms with van der Waals surface area (Å²) >= 11 is 0. The molecular formula is C15H30N2O3. The number of nitrogens with zero attached hydrogens (tertiary/aromatic N) is 1. The lowest BCUT2D eigenvalue weighted by Gasteiger charge is -2.29. The van der Waals surface area contributed by atoms with Crippen molar-refractivity contribution in [2.24, 2.45) is 5.41 Å². The molecule has 118 valence electrons. The molecule has 0 aliphatic carbocycles. The molecule has 1 aliphatic rings. The Labute approximate surface area is 122 Å². The first-order chi connectivity index (χ1) is 9.34. The molecule has 1 saturated heterocycles. The Kier molecular flexibility index (Phi) is 6.76. The van der Waals surface area contributed by atoms with E-state index in [0.717, 1.165) is 19.4 Å². The van der Waals surface area contributed by atoms with Crippen molar-refractivity contribution >= 4 is 6.03 Å². The molecule has 2 unspecified atom stereocenters. The van der Waals surface area contributed by atoms with Gasteiger partial charge in [0.15, 0.2) is 0 Å². The summed E-state index contributed by atoms with van der Waals surface area (Å²) in [5.41, 5.74) is -0.104. The average Bonchev–Trinajstić information content (AvgIpc) is 2.84. The first kappa shape index (κ1) is 17.2. The van der Waals surface area contributed by atoms with Crippen LogP contribution in [0.2, 0.25) is 0 Å². The second-order valence-corrected chi connectivity index (χ2v) is 6.55. The van der Waals surface area contributed by atoms with Crippen molar-refractivity contribution in [3.8, 4) is 0 Å². The van der Waals surface area contributed by atoms with E-state index in [0.29, 0.717) is 26.1 Å². The molecule has 5 heteroatoms. The summed E-state index contributed by atoms with van der Waals surface area (Å²) in [6.07, 6.45) is 2.63. The van der Waals surface area contributed by atoms with Crippen molar-refractivity contribution in [2.45, 2.75) is 59.2 Å². The number of aliphatic hydroxyl groups is 1. The van der Waals surface area contributed by atoms with Crippen molar-refractivity contribution < 1.29 is 14.6 Å². The van der Waals surface area contributed by atoms with Crippen LogP contribution in [-0.4, -0.2) is 54.5 Å². The van der Waals surface area contributed by atoms with Crippen molar-refractivity contribution in [1.82, 2.24) is 10.2 Å². The molecule has 2 atom stereocenters. The van der Waals surface area contributed by atoms with Gasteiger partial charge >= 0.3 is 6.03 Å². The Morgan fingerprint density at radius 3 is 2.75 bits per heavy atom. The minimum absolute atomic E-state index is 0.0401. The first-order valence-electron chi connectivity index (χ1n) is 7.66. The third-order valence-electron chi connectivity index (χ3n) is 3.68. The molecule has 20 heavy (non-hydrogen) atoms. The minimum atomic E-state index is -0.351. The van der Waals surface area contributed by atoms with Crippen LogP contribution in [0.25, 0.3) is 0 Å². The van der Waals surface area contributed by atoms with Gasteiger partial charge < -0.3 is 20.1 Å². The van der Waals surface area contributed by atoms with Gasteiger partial charge in [0.05, 0.1) is 12.2 Å². The number of hydrogen-bond acceptors (Lipinski definition) is 3. The van der Waals surface area contributed by atoms with E-state index in [9.17, 15) is 9.90 Å². The maximum atomic E-state index is 12.2. The predicted molar refractivity (Wildman–Crippen MR) is 79.7 cm³/mol. The Morgan fingerprint density at radius 2 is 2.25 bits per heavy atom. The van der Waals surface area contributed by atoms with E-state index >= 15 is 0 Å². The highest BCUT2D eigenvalue weighted by Crippen LogP contribution is 2.21. The maximum Gasteiger partial charge on any atom is 0.317 e. The van der Waals surface area contributed by atoms with Gasteiger partial charge in [0.2, 0.25) is 0 Å². The number of ether oxygens (including phenoxy) is 1. The molecule has 0 radical (unpaired) electrons. The molecule has 0 aromatic rings. The zero-order valence-electron chi connectivity index (χ0n) is 13.3. The summed E-state index contributed by atoms with van der Waals surface area (Å²) in [6, 6.07) is -0.0401. The SMILES string of the molecule is CCN(CC1CCCO1)C(=O)NCC(C)(C)CC(C)O. The Bertz CT molecular complexity index is 299. The third-order valence-corrected chi connectivity index (χ3v) is 3.68. The van der Waals surface area contributed by atoms with Gasteiger partial charge in [0.1, 0.15) is 0 Å². The van der Waals surface area contributed by atoms with E-state index in [2.05, 4.69) is 19.2 Å². The molecule has 2 amide bonds. The molecule has 0 aromatic heterocycles. The second-order valence-electron chi connectivity index (χ2n) is 6.55. The number of rotatable bonds is 7. The fraction of sp³-hybridized carbons (Fsp3) is 0.933. The zero-order valence-corrected chi connectivity index (χ0v) is 13.3. The summed E-state index contributed by atoms with van der Waals surface area (Å²) in [6.45, 7) is 10.6. The number of nitrogens with one attached hydrogen (secondary N) is 1. The van der Waals surface area contributed by atoms with Gasteiger partial charge in [0, 0.05) is 26.2 Å². The Hall–Kier alpha value is -0.810.